The topological polar surface area (TPSA) is 92.4 Å². The number of carbonyl (C=O) groups is 2. The smallest absolute Gasteiger partial charge is 0.329 e. The van der Waals surface area contributed by atoms with Crippen LogP contribution in [0.2, 0.25) is 0 Å². The van der Waals surface area contributed by atoms with Crippen LogP contribution in [0.15, 0.2) is 0 Å². The molecule has 0 aliphatic rings. The third kappa shape index (κ3) is 3.85. The highest BCUT2D eigenvalue weighted by atomic mass is 16.4. The first-order valence-corrected chi connectivity index (χ1v) is 2.66. The minimum Gasteiger partial charge on any atom is -0.480 e. The van der Waals surface area contributed by atoms with Gasteiger partial charge in [-0.15, -0.1) is 0 Å². The number of carbonyl (C=O) groups excluding carboxylic acids is 1. The van der Waals surface area contributed by atoms with Crippen LogP contribution in [0.4, 0.5) is 0 Å². The number of amides is 1. The molecule has 1 amide bonds. The predicted molar refractivity (Wildman–Crippen MR) is 33.7 cm³/mol. The Bertz CT molecular complexity index is 144. The summed E-state index contributed by atoms with van der Waals surface area (Å²) in [6.07, 6.45) is 0. The van der Waals surface area contributed by atoms with Crippen LogP contribution >= 0.6 is 0 Å². The van der Waals surface area contributed by atoms with Gasteiger partial charge >= 0.3 is 5.97 Å². The van der Waals surface area contributed by atoms with Gasteiger partial charge in [-0.1, -0.05) is 0 Å². The lowest BCUT2D eigenvalue weighted by molar-refractivity contribution is -0.135. The Labute approximate surface area is 58.2 Å². The van der Waals surface area contributed by atoms with Gasteiger partial charge in [0.15, 0.2) is 6.54 Å². The largest absolute Gasteiger partial charge is 0.480 e. The minimum atomic E-state index is -1.20. The zero-order valence-corrected chi connectivity index (χ0v) is 5.50. The SMILES string of the molecule is CC(N)C(=O)N[CH]C(=O)O. The minimum absolute atomic E-state index is 0.512. The van der Waals surface area contributed by atoms with Crippen LogP contribution in [0.5, 0.6) is 0 Å². The van der Waals surface area contributed by atoms with E-state index in [1.165, 1.54) is 6.92 Å². The molecule has 5 heteroatoms. The first-order chi connectivity index (χ1) is 4.54. The number of carboxylic acid groups (broad SMARTS) is 1. The van der Waals surface area contributed by atoms with E-state index >= 15 is 0 Å². The Morgan fingerprint density at radius 2 is 2.20 bits per heavy atom. The Morgan fingerprint density at radius 3 is 2.50 bits per heavy atom. The Balaban J connectivity index is 3.50. The third-order valence-electron chi connectivity index (χ3n) is 0.751. The van der Waals surface area contributed by atoms with Crippen molar-refractivity contribution in [3.8, 4) is 0 Å². The van der Waals surface area contributed by atoms with E-state index in [1.54, 1.807) is 0 Å². The molecule has 0 fully saturated rings. The van der Waals surface area contributed by atoms with Crippen molar-refractivity contribution >= 4 is 11.9 Å². The fourth-order valence-electron chi connectivity index (χ4n) is 0.264. The maximum atomic E-state index is 10.5. The quantitative estimate of drug-likeness (QED) is 0.460. The van der Waals surface area contributed by atoms with Gasteiger partial charge in [-0.2, -0.15) is 0 Å². The fourth-order valence-corrected chi connectivity index (χ4v) is 0.264. The normalized spacial score (nSPS) is 12.2. The summed E-state index contributed by atoms with van der Waals surface area (Å²) in [5, 5.41) is 10.0. The van der Waals surface area contributed by atoms with E-state index in [-0.39, 0.29) is 0 Å². The van der Waals surface area contributed by atoms with Crippen LogP contribution in [0, 0.1) is 6.54 Å². The van der Waals surface area contributed by atoms with Gasteiger partial charge in [-0.3, -0.25) is 4.79 Å². The van der Waals surface area contributed by atoms with E-state index in [1.807, 2.05) is 5.32 Å². The number of aliphatic carboxylic acids is 1. The Kier molecular flexibility index (Phi) is 3.42. The summed E-state index contributed by atoms with van der Waals surface area (Å²) in [6, 6.07) is -0.685. The van der Waals surface area contributed by atoms with Gasteiger partial charge in [0.1, 0.15) is 0 Å². The van der Waals surface area contributed by atoms with Crippen molar-refractivity contribution in [1.82, 2.24) is 5.32 Å². The fraction of sp³-hybridized carbons (Fsp3) is 0.400. The molecule has 0 aromatic heterocycles. The van der Waals surface area contributed by atoms with Crippen molar-refractivity contribution in [3.63, 3.8) is 0 Å². The number of carboxylic acids is 1. The van der Waals surface area contributed by atoms with E-state index in [9.17, 15) is 9.59 Å². The summed E-state index contributed by atoms with van der Waals surface area (Å²) in [6.45, 7) is 2.11. The van der Waals surface area contributed by atoms with Crippen molar-refractivity contribution < 1.29 is 14.7 Å². The molecule has 0 rings (SSSR count). The second kappa shape index (κ2) is 3.84. The van der Waals surface area contributed by atoms with Crippen LogP contribution < -0.4 is 11.1 Å². The number of hydrogen-bond donors (Lipinski definition) is 3. The van der Waals surface area contributed by atoms with Crippen LogP contribution in [0.1, 0.15) is 6.92 Å². The number of nitrogens with one attached hydrogen (secondary N) is 1. The summed E-state index contributed by atoms with van der Waals surface area (Å²) >= 11 is 0. The molecule has 0 spiro atoms. The van der Waals surface area contributed by atoms with Gasteiger partial charge in [0.25, 0.3) is 0 Å². The molecule has 5 nitrogen and oxygen atoms in total. The molecule has 0 aromatic rings. The van der Waals surface area contributed by atoms with Crippen LogP contribution in [0.3, 0.4) is 0 Å². The number of nitrogens with two attached hydrogens (primary N) is 1. The van der Waals surface area contributed by atoms with E-state index in [0.29, 0.717) is 6.54 Å². The van der Waals surface area contributed by atoms with E-state index in [4.69, 9.17) is 10.8 Å². The van der Waals surface area contributed by atoms with Gasteiger partial charge in [0.2, 0.25) is 5.91 Å². The van der Waals surface area contributed by atoms with Gasteiger partial charge < -0.3 is 16.2 Å². The number of rotatable bonds is 3. The van der Waals surface area contributed by atoms with Crippen LogP contribution in [0.25, 0.3) is 0 Å². The molecule has 1 atom stereocenters. The van der Waals surface area contributed by atoms with Gasteiger partial charge in [0, 0.05) is 0 Å². The summed E-state index contributed by atoms with van der Waals surface area (Å²) in [7, 11) is 0. The monoisotopic (exact) mass is 145 g/mol. The molecule has 0 heterocycles. The average molecular weight is 145 g/mol. The van der Waals surface area contributed by atoms with Crippen LogP contribution in [-0.2, 0) is 9.59 Å². The van der Waals surface area contributed by atoms with Crippen molar-refractivity contribution in [2.45, 2.75) is 13.0 Å². The highest BCUT2D eigenvalue weighted by Crippen LogP contribution is 1.76. The van der Waals surface area contributed by atoms with E-state index < -0.39 is 17.9 Å². The molecule has 1 radical (unpaired) electrons. The zero-order chi connectivity index (χ0) is 8.15. The molecular weight excluding hydrogens is 136 g/mol. The molecule has 0 saturated carbocycles. The zero-order valence-electron chi connectivity index (χ0n) is 5.50. The van der Waals surface area contributed by atoms with Crippen molar-refractivity contribution in [3.05, 3.63) is 6.54 Å². The first kappa shape index (κ1) is 8.90. The lowest BCUT2D eigenvalue weighted by atomic mass is 10.3. The molecule has 0 aliphatic heterocycles. The average Bonchev–Trinajstić information content (AvgIpc) is 1.82. The van der Waals surface area contributed by atoms with Gasteiger partial charge in [-0.05, 0) is 6.92 Å². The summed E-state index contributed by atoms with van der Waals surface area (Å²) in [5.74, 6) is -1.71. The van der Waals surface area contributed by atoms with Gasteiger partial charge in [0.05, 0.1) is 6.04 Å². The predicted octanol–water partition coefficient (Wildman–Crippen LogP) is -1.30. The molecule has 57 valence electrons. The lowest BCUT2D eigenvalue weighted by Gasteiger charge is -2.02. The maximum Gasteiger partial charge on any atom is 0.329 e. The molecule has 0 bridgehead atoms. The van der Waals surface area contributed by atoms with Crippen molar-refractivity contribution in [2.24, 2.45) is 5.73 Å². The van der Waals surface area contributed by atoms with Gasteiger partial charge in [-0.25, -0.2) is 4.79 Å². The highest BCUT2D eigenvalue weighted by Gasteiger charge is 2.07. The second-order valence-corrected chi connectivity index (χ2v) is 1.78. The second-order valence-electron chi connectivity index (χ2n) is 1.78. The molecule has 0 aromatic carbocycles. The van der Waals surface area contributed by atoms with Crippen LogP contribution in [-0.4, -0.2) is 23.0 Å². The lowest BCUT2D eigenvalue weighted by Crippen LogP contribution is -2.38. The van der Waals surface area contributed by atoms with Crippen molar-refractivity contribution in [1.29, 1.82) is 0 Å². The van der Waals surface area contributed by atoms with Crippen molar-refractivity contribution in [2.75, 3.05) is 0 Å². The maximum absolute atomic E-state index is 10.5. The molecule has 0 aliphatic carbocycles. The first-order valence-electron chi connectivity index (χ1n) is 2.66. The highest BCUT2D eigenvalue weighted by molar-refractivity contribution is 5.87. The number of hydrogen-bond acceptors (Lipinski definition) is 3. The Hall–Kier alpha value is -1.10. The standard InChI is InChI=1S/C5H9N2O3/c1-3(6)5(10)7-2-4(8)9/h2-3H,6H2,1H3,(H,7,10)(H,8,9). The Morgan fingerprint density at radius 1 is 1.70 bits per heavy atom. The summed E-state index contributed by atoms with van der Waals surface area (Å²) < 4.78 is 0. The molecule has 0 saturated heterocycles. The summed E-state index contributed by atoms with van der Waals surface area (Å²) in [4.78, 5) is 20.3. The molecule has 10 heavy (non-hydrogen) atoms. The van der Waals surface area contributed by atoms with E-state index in [2.05, 4.69) is 0 Å². The van der Waals surface area contributed by atoms with E-state index in [0.717, 1.165) is 0 Å². The molecule has 4 N–H and O–H groups in total. The third-order valence-corrected chi connectivity index (χ3v) is 0.751. The molecule has 1 unspecified atom stereocenters. The summed E-state index contributed by atoms with van der Waals surface area (Å²) in [5.41, 5.74) is 5.10. The molecular formula is C5H9N2O3.